The van der Waals surface area contributed by atoms with Gasteiger partial charge in [0.1, 0.15) is 0 Å². The second-order valence-corrected chi connectivity index (χ2v) is 36.9. The van der Waals surface area contributed by atoms with E-state index in [4.69, 9.17) is 9.47 Å². The van der Waals surface area contributed by atoms with E-state index >= 15 is 0 Å². The quantitative estimate of drug-likeness (QED) is 0.0638. The molecule has 0 aliphatic rings. The molecule has 490 valence electrons. The molecule has 84 heavy (non-hydrogen) atoms. The van der Waals surface area contributed by atoms with Gasteiger partial charge in [0.15, 0.2) is 115 Å². The molecule has 0 aliphatic heterocycles. The van der Waals surface area contributed by atoms with E-state index in [0.29, 0.717) is 47.7 Å². The molecular weight excluding hydrogens is 1320 g/mol. The number of ether oxygens (including phenoxy) is 3. The predicted molar refractivity (Wildman–Crippen MR) is 329 cm³/mol. The van der Waals surface area contributed by atoms with Gasteiger partial charge in [0, 0.05) is 93.6 Å². The van der Waals surface area contributed by atoms with Crippen LogP contribution in [0.1, 0.15) is 39.0 Å². The molecule has 1 atom stereocenters. The minimum atomic E-state index is -3.68. The maximum absolute atomic E-state index is 11.8. The summed E-state index contributed by atoms with van der Waals surface area (Å²) in [5.41, 5.74) is 0. The molecule has 0 aromatic heterocycles. The third-order valence-electron chi connectivity index (χ3n) is 9.45. The molecule has 2 N–H and O–H groups in total. The van der Waals surface area contributed by atoms with Crippen LogP contribution < -0.4 is 10.6 Å². The molecule has 0 aromatic carbocycles. The first-order chi connectivity index (χ1) is 38.2. The minimum Gasteiger partial charge on any atom is -0.379 e. The van der Waals surface area contributed by atoms with Crippen LogP contribution >= 0.6 is 0 Å². The van der Waals surface area contributed by atoms with Gasteiger partial charge < -0.3 is 24.4 Å². The Morgan fingerprint density at radius 1 is 0.417 bits per heavy atom. The molecule has 0 saturated heterocycles. The average molecular weight is 1400 g/mol. The van der Waals surface area contributed by atoms with E-state index in [-0.39, 0.29) is 91.6 Å². The summed E-state index contributed by atoms with van der Waals surface area (Å²) in [6.45, 7) is 34.4. The fraction of sp³-hybridized carbons (Fsp3) is 0.522. The molecule has 0 bridgehead atoms. The van der Waals surface area contributed by atoms with E-state index in [0.717, 1.165) is 45.3 Å². The summed E-state index contributed by atoms with van der Waals surface area (Å²) in [5.74, 6) is -2.66. The molecule has 0 spiro atoms. The second kappa shape index (κ2) is 44.2. The summed E-state index contributed by atoms with van der Waals surface area (Å²) in [6, 6.07) is 0. The molecule has 28 nitrogen and oxygen atoms in total. The first kappa shape index (κ1) is 88.4. The Balaban J connectivity index is -0.000000318. The van der Waals surface area contributed by atoms with Crippen molar-refractivity contribution in [3.8, 4) is 0 Å². The number of nitrogens with one attached hydrogen (secondary N) is 2. The van der Waals surface area contributed by atoms with Crippen LogP contribution in [0.3, 0.4) is 0 Å². The molecule has 0 saturated carbocycles. The summed E-state index contributed by atoms with van der Waals surface area (Å²) in [7, 11) is -32.4. The monoisotopic (exact) mass is 1400 g/mol. The molecule has 0 aromatic rings. The van der Waals surface area contributed by atoms with Gasteiger partial charge in [0.25, 0.3) is 0 Å². The lowest BCUT2D eigenvalue weighted by atomic mass is 10.0. The number of carbonyl (C=O) groups excluding carboxylic acids is 2. The molecule has 0 fully saturated rings. The van der Waals surface area contributed by atoms with Crippen molar-refractivity contribution >= 4 is 110 Å². The van der Waals surface area contributed by atoms with Crippen LogP contribution in [0.2, 0.25) is 0 Å². The zero-order valence-electron chi connectivity index (χ0n) is 47.0. The average Bonchev–Trinajstić information content (AvgIpc) is 3.43. The van der Waals surface area contributed by atoms with Crippen LogP contribution in [0, 0.1) is 5.92 Å². The van der Waals surface area contributed by atoms with Crippen molar-refractivity contribution in [2.24, 2.45) is 5.92 Å². The first-order valence-electron chi connectivity index (χ1n) is 23.7. The van der Waals surface area contributed by atoms with Gasteiger partial charge >= 0.3 is 0 Å². The van der Waals surface area contributed by atoms with E-state index < -0.39 is 115 Å². The standard InChI is InChI=1S/C15H27NO5S2.C12H22N2O6S2.C8H14O5S2.C6H10O5S2.C5H8O4S2/c1-5-22(18,19)12-9-14(3)8-7-11-16(4)15(17)10-13-23(20,21)6-2;1-3-21(16,17)9-5-12(15)14-7-6-13-11-20-8-10-22(18,19)4-2;1-3-14(9,10)7-5-13-6-8-15(11,12)4-2;1-3-12(7,8)5-11-6-13(9,10)4-2;1-3-10(6,7)5-11(8,9)4-2/h5-6,14H,1-2,7-13H2,3-4H3;3-4,13H,1-2,5-11H2,(H,14,15);3-4H,1-2,5-8H2;3-4H,1-2,5-6H2;3-4H,1-2,5H2. The Hall–Kier alpha value is -4.32. The fourth-order valence-corrected chi connectivity index (χ4v) is 11.6. The number of hydrogen-bond acceptors (Lipinski definition) is 26. The highest BCUT2D eigenvalue weighted by atomic mass is 32.3. The van der Waals surface area contributed by atoms with Crippen molar-refractivity contribution in [3.63, 3.8) is 0 Å². The summed E-state index contributed by atoms with van der Waals surface area (Å²) in [4.78, 5) is 24.7. The van der Waals surface area contributed by atoms with Gasteiger partial charge in [-0.05, 0) is 25.2 Å². The van der Waals surface area contributed by atoms with Crippen molar-refractivity contribution in [2.45, 2.75) is 39.0 Å². The summed E-state index contributed by atoms with van der Waals surface area (Å²) in [6.07, 6.45) is 1.92. The summed E-state index contributed by atoms with van der Waals surface area (Å²) >= 11 is 0. The highest BCUT2D eigenvalue weighted by molar-refractivity contribution is 8.10. The van der Waals surface area contributed by atoms with Gasteiger partial charge in [0.05, 0.1) is 61.1 Å². The topological polar surface area (TPSA) is 431 Å². The smallest absolute Gasteiger partial charge is 0.223 e. The number of carbonyl (C=O) groups is 2. The third-order valence-corrected chi connectivity index (χ3v) is 22.7. The molecule has 1 unspecified atom stereocenters. The van der Waals surface area contributed by atoms with Crippen molar-refractivity contribution in [1.29, 1.82) is 0 Å². The summed E-state index contributed by atoms with van der Waals surface area (Å²) in [5, 5.41) is 12.3. The SMILES string of the molecule is C=CS(=O)(=O)CCC(=O)N(C)CCCC(C)CCS(=O)(=O)C=C.C=CS(=O)(=O)CCOCCS(=O)(=O)C=C.C=CS(=O)(=O)CCOCNCCNC(=O)CCS(=O)(=O)C=C.C=CS(=O)(=O)COCS(=O)(=O)C=C.C=CS(=O)(=O)CS(=O)(=O)C=C. The fourth-order valence-electron chi connectivity index (χ4n) is 4.38. The molecule has 0 aliphatic carbocycles. The van der Waals surface area contributed by atoms with Crippen LogP contribution in [0.15, 0.2) is 120 Å². The zero-order valence-corrected chi connectivity index (χ0v) is 55.2. The van der Waals surface area contributed by atoms with Gasteiger partial charge in [0.2, 0.25) is 11.8 Å². The zero-order chi connectivity index (χ0) is 66.8. The molecule has 2 amide bonds. The lowest BCUT2D eigenvalue weighted by molar-refractivity contribution is -0.129. The van der Waals surface area contributed by atoms with Gasteiger partial charge in [-0.15, -0.1) is 0 Å². The van der Waals surface area contributed by atoms with Crippen LogP contribution in [0.25, 0.3) is 0 Å². The minimum absolute atomic E-state index is 0.0407. The lowest BCUT2D eigenvalue weighted by Crippen LogP contribution is -2.33. The van der Waals surface area contributed by atoms with Gasteiger partial charge in [-0.2, -0.15) is 0 Å². The van der Waals surface area contributed by atoms with Crippen molar-refractivity contribution < 1.29 is 108 Å². The first-order valence-corrected chi connectivity index (χ1v) is 40.9. The molecule has 38 heteroatoms. The lowest BCUT2D eigenvalue weighted by Gasteiger charge is -2.18. The van der Waals surface area contributed by atoms with E-state index in [2.05, 4.69) is 81.2 Å². The van der Waals surface area contributed by atoms with Crippen LogP contribution in [0.4, 0.5) is 0 Å². The second-order valence-electron chi connectivity index (χ2n) is 16.4. The van der Waals surface area contributed by atoms with Gasteiger partial charge in [-0.25, -0.2) is 84.2 Å². The van der Waals surface area contributed by atoms with Crippen molar-refractivity contribution in [3.05, 3.63) is 120 Å². The van der Waals surface area contributed by atoms with Crippen LogP contribution in [-0.4, -0.2) is 206 Å². The molecule has 0 heterocycles. The van der Waals surface area contributed by atoms with Crippen molar-refractivity contribution in [2.75, 3.05) is 105 Å². The number of sulfone groups is 10. The Kier molecular flexibility index (Phi) is 46.5. The molecule has 0 radical (unpaired) electrons. The Morgan fingerprint density at radius 3 is 1.12 bits per heavy atom. The van der Waals surface area contributed by atoms with E-state index in [1.807, 2.05) is 6.92 Å². The Labute approximate surface area is 499 Å². The van der Waals surface area contributed by atoms with E-state index in [1.165, 1.54) is 4.90 Å². The van der Waals surface area contributed by atoms with Gasteiger partial charge in [-0.3, -0.25) is 14.9 Å². The predicted octanol–water partition coefficient (Wildman–Crippen LogP) is 1.15. The third kappa shape index (κ3) is 56.8. The molecule has 0 rings (SSSR count). The molecular formula is C46H81N3O25S10. The number of nitrogens with zero attached hydrogens (tertiary/aromatic N) is 1. The highest BCUT2D eigenvalue weighted by Crippen LogP contribution is 2.13. The summed E-state index contributed by atoms with van der Waals surface area (Å²) < 4.78 is 233. The van der Waals surface area contributed by atoms with Crippen molar-refractivity contribution in [1.82, 2.24) is 15.5 Å². The normalized spacial score (nSPS) is 12.5. The maximum Gasteiger partial charge on any atom is 0.223 e. The van der Waals surface area contributed by atoms with Gasteiger partial charge in [-0.1, -0.05) is 72.7 Å². The van der Waals surface area contributed by atoms with E-state index in [1.54, 1.807) is 7.05 Å². The maximum atomic E-state index is 11.8. The van der Waals surface area contributed by atoms with E-state index in [9.17, 15) is 93.8 Å². The highest BCUT2D eigenvalue weighted by Gasteiger charge is 2.17. The van der Waals surface area contributed by atoms with Crippen LogP contribution in [-0.2, 0) is 122 Å². The Morgan fingerprint density at radius 2 is 0.750 bits per heavy atom. The van der Waals surface area contributed by atoms with Crippen LogP contribution in [0.5, 0.6) is 0 Å². The number of amides is 2. The number of hydrogen-bond donors (Lipinski definition) is 2. The Bertz CT molecular complexity index is 3220. The number of rotatable bonds is 43. The largest absolute Gasteiger partial charge is 0.379 e.